The highest BCUT2D eigenvalue weighted by atomic mass is 16.5. The van der Waals surface area contributed by atoms with Crippen LogP contribution in [0.3, 0.4) is 0 Å². The van der Waals surface area contributed by atoms with Gasteiger partial charge in [-0.3, -0.25) is 4.79 Å². The van der Waals surface area contributed by atoms with Gasteiger partial charge in [-0.2, -0.15) is 0 Å². The molecule has 0 spiro atoms. The third kappa shape index (κ3) is 3.56. The molecule has 2 unspecified atom stereocenters. The number of ether oxygens (including phenoxy) is 1. The average Bonchev–Trinajstić information content (AvgIpc) is 3.14. The molecule has 5 heteroatoms. The topological polar surface area (TPSA) is 68.5 Å². The van der Waals surface area contributed by atoms with E-state index in [1.165, 1.54) is 0 Å². The fourth-order valence-electron chi connectivity index (χ4n) is 3.43. The van der Waals surface area contributed by atoms with Crippen molar-refractivity contribution in [3.63, 3.8) is 0 Å². The van der Waals surface area contributed by atoms with Crippen LogP contribution >= 0.6 is 0 Å². The lowest BCUT2D eigenvalue weighted by atomic mass is 9.93. The van der Waals surface area contributed by atoms with Gasteiger partial charge in [-0.05, 0) is 55.3 Å². The summed E-state index contributed by atoms with van der Waals surface area (Å²) < 4.78 is 11.1. The van der Waals surface area contributed by atoms with Crippen LogP contribution in [0.25, 0.3) is 0 Å². The molecule has 1 amide bonds. The Kier molecular flexibility index (Phi) is 4.74. The van der Waals surface area contributed by atoms with E-state index in [0.29, 0.717) is 23.3 Å². The number of furan rings is 1. The van der Waals surface area contributed by atoms with Crippen molar-refractivity contribution >= 4 is 11.9 Å². The Labute approximate surface area is 163 Å². The van der Waals surface area contributed by atoms with Gasteiger partial charge in [0.15, 0.2) is 0 Å². The summed E-state index contributed by atoms with van der Waals surface area (Å²) in [5.74, 6) is 0.938. The minimum Gasteiger partial charge on any atom is -0.464 e. The van der Waals surface area contributed by atoms with E-state index in [0.717, 1.165) is 16.9 Å². The third-order valence-corrected chi connectivity index (χ3v) is 4.95. The van der Waals surface area contributed by atoms with E-state index in [1.807, 2.05) is 56.3 Å². The zero-order valence-electron chi connectivity index (χ0n) is 15.8. The first-order valence-electron chi connectivity index (χ1n) is 9.27. The summed E-state index contributed by atoms with van der Waals surface area (Å²) in [7, 11) is 0. The highest BCUT2D eigenvalue weighted by Crippen LogP contribution is 2.31. The smallest absolute Gasteiger partial charge is 0.339 e. The number of fused-ring (bicyclic) bond motifs is 1. The molecule has 1 aliphatic heterocycles. The van der Waals surface area contributed by atoms with Crippen LogP contribution in [0.2, 0.25) is 0 Å². The Morgan fingerprint density at radius 3 is 2.61 bits per heavy atom. The summed E-state index contributed by atoms with van der Waals surface area (Å²) in [6.07, 6.45) is 0.198. The molecule has 0 aliphatic carbocycles. The first-order chi connectivity index (χ1) is 13.5. The molecule has 28 heavy (non-hydrogen) atoms. The largest absolute Gasteiger partial charge is 0.464 e. The number of rotatable bonds is 4. The summed E-state index contributed by atoms with van der Waals surface area (Å²) in [5, 5.41) is 2.94. The molecule has 1 aromatic heterocycles. The van der Waals surface area contributed by atoms with Gasteiger partial charge in [-0.25, -0.2) is 4.79 Å². The number of cyclic esters (lactones) is 1. The Hall–Kier alpha value is -3.34. The van der Waals surface area contributed by atoms with E-state index in [-0.39, 0.29) is 24.0 Å². The summed E-state index contributed by atoms with van der Waals surface area (Å²) in [6, 6.07) is 18.2. The van der Waals surface area contributed by atoms with Crippen LogP contribution in [0, 0.1) is 6.92 Å². The molecule has 2 aromatic carbocycles. The second-order valence-electron chi connectivity index (χ2n) is 7.02. The molecular formula is C23H21NO4. The highest BCUT2D eigenvalue weighted by molar-refractivity contribution is 5.98. The van der Waals surface area contributed by atoms with Crippen molar-refractivity contribution in [1.29, 1.82) is 0 Å². The van der Waals surface area contributed by atoms with Crippen molar-refractivity contribution in [3.05, 3.63) is 94.4 Å². The number of aryl methyl sites for hydroxylation is 1. The van der Waals surface area contributed by atoms with Crippen molar-refractivity contribution < 1.29 is 18.7 Å². The second-order valence-corrected chi connectivity index (χ2v) is 7.02. The number of carbonyl (C=O) groups is 2. The predicted molar refractivity (Wildman–Crippen MR) is 104 cm³/mol. The number of benzene rings is 2. The summed E-state index contributed by atoms with van der Waals surface area (Å²) in [4.78, 5) is 25.1. The molecule has 2 heterocycles. The number of amides is 1. The molecule has 0 fully saturated rings. The van der Waals surface area contributed by atoms with Gasteiger partial charge in [0, 0.05) is 12.0 Å². The maximum absolute atomic E-state index is 12.7. The molecule has 2 atom stereocenters. The van der Waals surface area contributed by atoms with Crippen LogP contribution < -0.4 is 5.32 Å². The van der Waals surface area contributed by atoms with E-state index in [2.05, 4.69) is 5.32 Å². The van der Waals surface area contributed by atoms with Crippen LogP contribution in [0.4, 0.5) is 0 Å². The molecule has 1 N–H and O–H groups in total. The fraction of sp³-hybridized carbons (Fsp3) is 0.217. The number of hydrogen-bond acceptors (Lipinski definition) is 4. The van der Waals surface area contributed by atoms with Crippen LogP contribution in [0.5, 0.6) is 0 Å². The quantitative estimate of drug-likeness (QED) is 0.680. The lowest BCUT2D eigenvalue weighted by Crippen LogP contribution is -2.27. The lowest BCUT2D eigenvalue weighted by molar-refractivity contribution is 0.0252. The van der Waals surface area contributed by atoms with Gasteiger partial charge in [0.1, 0.15) is 17.6 Å². The molecule has 5 nitrogen and oxygen atoms in total. The maximum Gasteiger partial charge on any atom is 0.339 e. The fourth-order valence-corrected chi connectivity index (χ4v) is 3.43. The molecule has 0 radical (unpaired) electrons. The van der Waals surface area contributed by atoms with E-state index < -0.39 is 0 Å². The number of nitrogens with one attached hydrogen (secondary N) is 1. The molecular weight excluding hydrogens is 354 g/mol. The van der Waals surface area contributed by atoms with E-state index >= 15 is 0 Å². The number of esters is 1. The van der Waals surface area contributed by atoms with Crippen molar-refractivity contribution in [1.82, 2.24) is 5.32 Å². The van der Waals surface area contributed by atoms with Gasteiger partial charge in [0.2, 0.25) is 0 Å². The molecule has 0 bridgehead atoms. The van der Waals surface area contributed by atoms with Crippen molar-refractivity contribution in [2.24, 2.45) is 0 Å². The number of carbonyl (C=O) groups excluding carboxylic acids is 2. The monoisotopic (exact) mass is 375 g/mol. The first kappa shape index (κ1) is 18.0. The van der Waals surface area contributed by atoms with Gasteiger partial charge >= 0.3 is 5.97 Å². The maximum atomic E-state index is 12.7. The lowest BCUT2D eigenvalue weighted by Gasteiger charge is -2.25. The normalized spacial score (nSPS) is 16.8. The van der Waals surface area contributed by atoms with Gasteiger partial charge in [0.25, 0.3) is 5.91 Å². The Morgan fingerprint density at radius 1 is 1.11 bits per heavy atom. The predicted octanol–water partition coefficient (Wildman–Crippen LogP) is 4.53. The van der Waals surface area contributed by atoms with Crippen molar-refractivity contribution in [2.45, 2.75) is 32.4 Å². The second kappa shape index (κ2) is 7.35. The van der Waals surface area contributed by atoms with Crippen molar-refractivity contribution in [2.75, 3.05) is 0 Å². The minimum absolute atomic E-state index is 0.209. The Morgan fingerprint density at radius 2 is 1.89 bits per heavy atom. The molecule has 4 rings (SSSR count). The summed E-state index contributed by atoms with van der Waals surface area (Å²) >= 11 is 0. The van der Waals surface area contributed by atoms with Crippen LogP contribution in [0.15, 0.2) is 65.1 Å². The van der Waals surface area contributed by atoms with Crippen LogP contribution in [-0.2, 0) is 11.2 Å². The molecule has 3 aromatic rings. The third-order valence-electron chi connectivity index (χ3n) is 4.95. The minimum atomic E-state index is -0.360. The van der Waals surface area contributed by atoms with Crippen LogP contribution in [0.1, 0.15) is 62.4 Å². The van der Waals surface area contributed by atoms with Crippen molar-refractivity contribution in [3.8, 4) is 0 Å². The van der Waals surface area contributed by atoms with E-state index in [1.54, 1.807) is 18.2 Å². The van der Waals surface area contributed by atoms with Crippen LogP contribution in [-0.4, -0.2) is 11.9 Å². The molecule has 142 valence electrons. The Bertz CT molecular complexity index is 1020. The van der Waals surface area contributed by atoms with E-state index in [4.69, 9.17) is 9.15 Å². The van der Waals surface area contributed by atoms with Gasteiger partial charge in [-0.15, -0.1) is 0 Å². The standard InChI is InChI=1S/C23H21NO4/c1-14-8-11-20(27-14)15(2)24-22(25)17-9-10-19-18(12-17)13-21(28-23(19)26)16-6-4-3-5-7-16/h3-12,15,21H,13H2,1-2H3,(H,24,25). The Balaban J connectivity index is 1.54. The van der Waals surface area contributed by atoms with Gasteiger partial charge in [0.05, 0.1) is 11.6 Å². The highest BCUT2D eigenvalue weighted by Gasteiger charge is 2.28. The zero-order chi connectivity index (χ0) is 19.7. The van der Waals surface area contributed by atoms with Gasteiger partial charge < -0.3 is 14.5 Å². The molecule has 0 saturated carbocycles. The first-order valence-corrected chi connectivity index (χ1v) is 9.27. The molecule has 1 aliphatic rings. The van der Waals surface area contributed by atoms with Gasteiger partial charge in [-0.1, -0.05) is 30.3 Å². The molecule has 0 saturated heterocycles. The average molecular weight is 375 g/mol. The summed E-state index contributed by atoms with van der Waals surface area (Å²) in [5.41, 5.74) is 2.78. The number of hydrogen-bond donors (Lipinski definition) is 1. The van der Waals surface area contributed by atoms with E-state index in [9.17, 15) is 9.59 Å². The zero-order valence-corrected chi connectivity index (χ0v) is 15.8. The summed E-state index contributed by atoms with van der Waals surface area (Å²) in [6.45, 7) is 3.74. The SMILES string of the molecule is Cc1ccc(C(C)NC(=O)c2ccc3c(c2)CC(c2ccccc2)OC3=O)o1.